The third-order valence-corrected chi connectivity index (χ3v) is 8.26. The molecule has 1 atom stereocenters. The van der Waals surface area contributed by atoms with E-state index in [4.69, 9.17) is 9.72 Å². The van der Waals surface area contributed by atoms with Crippen LogP contribution >= 0.6 is 0 Å². The van der Waals surface area contributed by atoms with Gasteiger partial charge in [0, 0.05) is 51.3 Å². The van der Waals surface area contributed by atoms with Crippen LogP contribution in [0.3, 0.4) is 0 Å². The number of rotatable bonds is 8. The molecule has 4 heterocycles. The molecular weight excluding hydrogens is 546 g/mol. The number of aromatic nitrogens is 4. The number of fused-ring (bicyclic) bond motifs is 1. The first-order valence-corrected chi connectivity index (χ1v) is 14.6. The van der Waals surface area contributed by atoms with Crippen molar-refractivity contribution in [2.75, 3.05) is 49.6 Å². The highest BCUT2D eigenvalue weighted by Crippen LogP contribution is 2.33. The van der Waals surface area contributed by atoms with Crippen LogP contribution in [0.25, 0.3) is 16.9 Å². The third kappa shape index (κ3) is 5.74. The number of nitrogens with zero attached hydrogens (tertiary/aromatic N) is 7. The Kier molecular flexibility index (Phi) is 7.93. The Morgan fingerprint density at radius 3 is 2.31 bits per heavy atom. The van der Waals surface area contributed by atoms with E-state index in [1.165, 1.54) is 4.57 Å². The molecule has 1 aromatic carbocycles. The van der Waals surface area contributed by atoms with E-state index in [1.807, 2.05) is 14.7 Å². The van der Waals surface area contributed by atoms with Crippen molar-refractivity contribution in [2.24, 2.45) is 0 Å². The molecule has 2 amide bonds. The summed E-state index contributed by atoms with van der Waals surface area (Å²) in [6.45, 7) is 6.85. The molecule has 42 heavy (non-hydrogen) atoms. The molecule has 6 rings (SSSR count). The highest BCUT2D eigenvalue weighted by molar-refractivity contribution is 5.85. The van der Waals surface area contributed by atoms with Crippen LogP contribution in [0.5, 0.6) is 0 Å². The number of benzene rings is 1. The maximum absolute atomic E-state index is 14.2. The van der Waals surface area contributed by atoms with E-state index in [1.54, 1.807) is 44.2 Å². The summed E-state index contributed by atoms with van der Waals surface area (Å²) >= 11 is 0. The van der Waals surface area contributed by atoms with Crippen LogP contribution < -0.4 is 10.2 Å². The number of imidazole rings is 1. The van der Waals surface area contributed by atoms with Gasteiger partial charge in [0.25, 0.3) is 6.43 Å². The van der Waals surface area contributed by atoms with Crippen molar-refractivity contribution < 1.29 is 23.1 Å². The first-order valence-electron chi connectivity index (χ1n) is 14.6. The lowest BCUT2D eigenvalue weighted by Gasteiger charge is -2.39. The second-order valence-electron chi connectivity index (χ2n) is 11.2. The van der Waals surface area contributed by atoms with Gasteiger partial charge in [0.15, 0.2) is 5.82 Å². The fourth-order valence-corrected chi connectivity index (χ4v) is 5.94. The highest BCUT2D eigenvalue weighted by Gasteiger charge is 2.40. The lowest BCUT2D eigenvalue weighted by Crippen LogP contribution is -2.52. The largest absolute Gasteiger partial charge is 0.378 e. The van der Waals surface area contributed by atoms with Gasteiger partial charge in [-0.3, -0.25) is 14.2 Å². The summed E-state index contributed by atoms with van der Waals surface area (Å²) < 4.78 is 35.3. The number of carbonyl (C=O) groups is 2. The van der Waals surface area contributed by atoms with E-state index >= 15 is 0 Å². The molecule has 3 aromatic rings. The number of hydrogen-bond acceptors (Lipinski definition) is 8. The van der Waals surface area contributed by atoms with E-state index < -0.39 is 18.3 Å². The topological polar surface area (TPSA) is 109 Å². The van der Waals surface area contributed by atoms with Crippen molar-refractivity contribution in [3.8, 4) is 5.82 Å². The molecule has 1 N–H and O–H groups in total. The molecule has 2 aliphatic heterocycles. The molecule has 3 aliphatic rings. The molecule has 0 spiro atoms. The molecule has 0 bridgehead atoms. The molecule has 13 heteroatoms. The summed E-state index contributed by atoms with van der Waals surface area (Å²) in [5.74, 6) is 0.570. The quantitative estimate of drug-likeness (QED) is 0.431. The molecular formula is C29H36F2N8O3. The van der Waals surface area contributed by atoms with Crippen LogP contribution in [0, 0.1) is 0 Å². The average molecular weight is 583 g/mol. The van der Waals surface area contributed by atoms with Crippen molar-refractivity contribution in [2.45, 2.75) is 64.1 Å². The molecule has 0 radical (unpaired) electrons. The summed E-state index contributed by atoms with van der Waals surface area (Å²) in [5, 5.41) is 3.19. The molecule has 224 valence electrons. The van der Waals surface area contributed by atoms with Gasteiger partial charge in [-0.15, -0.1) is 0 Å². The van der Waals surface area contributed by atoms with E-state index in [0.717, 1.165) is 25.7 Å². The Morgan fingerprint density at radius 1 is 0.976 bits per heavy atom. The van der Waals surface area contributed by atoms with E-state index in [0.29, 0.717) is 56.2 Å². The number of alkyl halides is 2. The molecule has 2 aromatic heterocycles. The SMILES string of the molecule is CC(=O)N1CCC(N(C(=O)[C@H](C)Nc2nc(N3CCOCC3)cc(-n3c(C(F)F)nc4ccccc43)n2)C2CC2)CC1. The molecule has 2 saturated heterocycles. The molecule has 1 saturated carbocycles. The van der Waals surface area contributed by atoms with Crippen molar-refractivity contribution in [1.82, 2.24) is 29.3 Å². The smallest absolute Gasteiger partial charge is 0.296 e. The number of amides is 2. The van der Waals surface area contributed by atoms with E-state index in [2.05, 4.69) is 15.3 Å². The van der Waals surface area contributed by atoms with Crippen LogP contribution in [0.4, 0.5) is 20.5 Å². The minimum absolute atomic E-state index is 0.0537. The minimum atomic E-state index is -2.82. The van der Waals surface area contributed by atoms with Gasteiger partial charge in [0.1, 0.15) is 17.7 Å². The summed E-state index contributed by atoms with van der Waals surface area (Å²) in [6, 6.07) is 8.23. The molecule has 1 aliphatic carbocycles. The van der Waals surface area contributed by atoms with Gasteiger partial charge in [-0.1, -0.05) is 12.1 Å². The number of nitrogens with one attached hydrogen (secondary N) is 1. The first-order chi connectivity index (χ1) is 20.3. The zero-order valence-corrected chi connectivity index (χ0v) is 23.9. The normalized spacial score (nSPS) is 18.9. The van der Waals surface area contributed by atoms with Gasteiger partial charge in [-0.2, -0.15) is 9.97 Å². The zero-order valence-electron chi connectivity index (χ0n) is 23.9. The number of hydrogen-bond donors (Lipinski definition) is 1. The number of anilines is 2. The van der Waals surface area contributed by atoms with Crippen molar-refractivity contribution >= 4 is 34.6 Å². The second kappa shape index (κ2) is 11.8. The molecule has 3 fully saturated rings. The van der Waals surface area contributed by atoms with Crippen LogP contribution in [0.1, 0.15) is 51.8 Å². The number of para-hydroxylation sites is 2. The Hall–Kier alpha value is -3.87. The van der Waals surface area contributed by atoms with Crippen LogP contribution in [0.15, 0.2) is 30.3 Å². The summed E-state index contributed by atoms with van der Waals surface area (Å²) in [6.07, 6.45) is 0.584. The van der Waals surface area contributed by atoms with Crippen LogP contribution in [-0.4, -0.2) is 98.7 Å². The lowest BCUT2D eigenvalue weighted by atomic mass is 10.0. The van der Waals surface area contributed by atoms with Crippen molar-refractivity contribution in [3.05, 3.63) is 36.2 Å². The number of likely N-dealkylation sites (tertiary alicyclic amines) is 1. The van der Waals surface area contributed by atoms with Crippen molar-refractivity contribution in [1.29, 1.82) is 0 Å². The number of piperidine rings is 1. The van der Waals surface area contributed by atoms with E-state index in [9.17, 15) is 18.4 Å². The number of carbonyl (C=O) groups excluding carboxylic acids is 2. The maximum Gasteiger partial charge on any atom is 0.296 e. The van der Waals surface area contributed by atoms with E-state index in [-0.39, 0.29) is 35.7 Å². The second-order valence-corrected chi connectivity index (χ2v) is 11.2. The standard InChI is InChI=1S/C29H36F2N8O3/c1-18(28(41)38(20-7-8-20)21-9-11-36(12-10-21)19(2)40)32-29-34-24(37-13-15-42-16-14-37)17-25(35-29)39-23-6-4-3-5-22(23)33-27(39)26(30)31/h3-6,17-18,20-21,26H,7-16H2,1-2H3,(H,32,34,35)/t18-/m0/s1. The fourth-order valence-electron chi connectivity index (χ4n) is 5.94. The molecule has 0 unspecified atom stereocenters. The number of halogens is 2. The Morgan fingerprint density at radius 2 is 1.64 bits per heavy atom. The first kappa shape index (κ1) is 28.3. The average Bonchev–Trinajstić information content (AvgIpc) is 3.75. The van der Waals surface area contributed by atoms with Gasteiger partial charge in [0.2, 0.25) is 17.8 Å². The summed E-state index contributed by atoms with van der Waals surface area (Å²) in [5.41, 5.74) is 0.944. The van der Waals surface area contributed by atoms with Crippen molar-refractivity contribution in [3.63, 3.8) is 0 Å². The van der Waals surface area contributed by atoms with Crippen LogP contribution in [-0.2, 0) is 14.3 Å². The Labute approximate surface area is 242 Å². The Bertz CT molecular complexity index is 1450. The number of morpholine rings is 1. The Balaban J connectivity index is 1.31. The zero-order chi connectivity index (χ0) is 29.4. The summed E-state index contributed by atoms with van der Waals surface area (Å²) in [7, 11) is 0. The van der Waals surface area contributed by atoms with Gasteiger partial charge in [0.05, 0.1) is 24.2 Å². The van der Waals surface area contributed by atoms with Crippen LogP contribution in [0.2, 0.25) is 0 Å². The van der Waals surface area contributed by atoms with Gasteiger partial charge < -0.3 is 24.8 Å². The van der Waals surface area contributed by atoms with Gasteiger partial charge in [-0.25, -0.2) is 13.8 Å². The fraction of sp³-hybridized carbons (Fsp3) is 0.552. The predicted molar refractivity (Wildman–Crippen MR) is 153 cm³/mol. The summed E-state index contributed by atoms with van der Waals surface area (Å²) in [4.78, 5) is 45.0. The maximum atomic E-state index is 14.2. The van der Waals surface area contributed by atoms with Gasteiger partial charge in [-0.05, 0) is 44.7 Å². The molecule has 11 nitrogen and oxygen atoms in total. The lowest BCUT2D eigenvalue weighted by molar-refractivity contribution is -0.137. The third-order valence-electron chi connectivity index (χ3n) is 8.26. The predicted octanol–water partition coefficient (Wildman–Crippen LogP) is 3.39. The van der Waals surface area contributed by atoms with Gasteiger partial charge >= 0.3 is 0 Å². The number of ether oxygens (including phenoxy) is 1. The monoisotopic (exact) mass is 582 g/mol. The highest BCUT2D eigenvalue weighted by atomic mass is 19.3. The minimum Gasteiger partial charge on any atom is -0.378 e.